The lowest BCUT2D eigenvalue weighted by atomic mass is 9.80. The molecule has 8 nitrogen and oxygen atoms in total. The van der Waals surface area contributed by atoms with Crippen LogP contribution < -0.4 is 4.90 Å². The van der Waals surface area contributed by atoms with Crippen LogP contribution >= 0.6 is 0 Å². The number of anilines is 1. The minimum absolute atomic E-state index is 0.142. The van der Waals surface area contributed by atoms with E-state index in [-0.39, 0.29) is 12.0 Å². The van der Waals surface area contributed by atoms with Gasteiger partial charge in [-0.1, -0.05) is 6.08 Å². The second-order valence-electron chi connectivity index (χ2n) is 7.71. The summed E-state index contributed by atoms with van der Waals surface area (Å²) in [6, 6.07) is 1.85. The highest BCUT2D eigenvalue weighted by Gasteiger charge is 2.28. The lowest BCUT2D eigenvalue weighted by molar-refractivity contribution is 0.0529. The van der Waals surface area contributed by atoms with Crippen LogP contribution in [-0.4, -0.2) is 72.4 Å². The number of ether oxygens (including phenoxy) is 1. The van der Waals surface area contributed by atoms with Crippen molar-refractivity contribution in [1.82, 2.24) is 14.9 Å². The molecule has 29 heavy (non-hydrogen) atoms. The molecule has 154 valence electrons. The number of hydrogen-bond donors (Lipinski definition) is 3. The summed E-state index contributed by atoms with van der Waals surface area (Å²) in [7, 11) is 3.84. The Kier molecular flexibility index (Phi) is 6.53. The van der Waals surface area contributed by atoms with Crippen LogP contribution in [0.25, 0.3) is 0 Å². The van der Waals surface area contributed by atoms with Crippen LogP contribution in [-0.2, 0) is 4.74 Å². The van der Waals surface area contributed by atoms with Crippen molar-refractivity contribution in [1.29, 1.82) is 16.2 Å². The van der Waals surface area contributed by atoms with E-state index in [1.807, 2.05) is 44.3 Å². The van der Waals surface area contributed by atoms with E-state index >= 15 is 0 Å². The third-order valence-corrected chi connectivity index (χ3v) is 5.18. The zero-order valence-corrected chi connectivity index (χ0v) is 17.3. The molecule has 0 spiro atoms. The van der Waals surface area contributed by atoms with Gasteiger partial charge in [0.25, 0.3) is 0 Å². The fourth-order valence-corrected chi connectivity index (χ4v) is 3.68. The highest BCUT2D eigenvalue weighted by molar-refractivity contribution is 6.13. The van der Waals surface area contributed by atoms with Crippen LogP contribution in [0.15, 0.2) is 35.8 Å². The zero-order valence-electron chi connectivity index (χ0n) is 17.3. The molecule has 2 unspecified atom stereocenters. The number of aromatic nitrogens is 2. The third-order valence-electron chi connectivity index (χ3n) is 5.18. The molecule has 3 rings (SSSR count). The van der Waals surface area contributed by atoms with E-state index in [0.29, 0.717) is 36.6 Å². The first-order chi connectivity index (χ1) is 13.9. The van der Waals surface area contributed by atoms with Gasteiger partial charge in [-0.2, -0.15) is 0 Å². The van der Waals surface area contributed by atoms with E-state index in [1.54, 1.807) is 0 Å². The molecule has 1 fully saturated rings. The van der Waals surface area contributed by atoms with Crippen LogP contribution in [0.5, 0.6) is 0 Å². The van der Waals surface area contributed by atoms with E-state index in [0.717, 1.165) is 30.1 Å². The van der Waals surface area contributed by atoms with Gasteiger partial charge in [0.1, 0.15) is 12.1 Å². The molecule has 1 saturated heterocycles. The van der Waals surface area contributed by atoms with Gasteiger partial charge in [0.2, 0.25) is 0 Å². The normalized spacial score (nSPS) is 22.9. The summed E-state index contributed by atoms with van der Waals surface area (Å²) in [5, 5.41) is 24.9. The Morgan fingerprint density at radius 1 is 1.34 bits per heavy atom. The Balaban J connectivity index is 1.81. The van der Waals surface area contributed by atoms with Crippen molar-refractivity contribution in [3.8, 4) is 0 Å². The van der Waals surface area contributed by atoms with Crippen molar-refractivity contribution in [2.75, 3.05) is 38.7 Å². The van der Waals surface area contributed by atoms with E-state index < -0.39 is 0 Å². The highest BCUT2D eigenvalue weighted by Crippen LogP contribution is 2.29. The molecule has 3 N–H and O–H groups in total. The second-order valence-corrected chi connectivity index (χ2v) is 7.71. The third kappa shape index (κ3) is 4.95. The molecule has 0 amide bonds. The number of nitrogens with one attached hydrogen (secondary N) is 3. The van der Waals surface area contributed by atoms with Gasteiger partial charge in [-0.3, -0.25) is 0 Å². The summed E-state index contributed by atoms with van der Waals surface area (Å²) in [5.41, 5.74) is 3.20. The molecular formula is C21H29N7O. The summed E-state index contributed by atoms with van der Waals surface area (Å²) in [6.07, 6.45) is 7.88. The Hall–Kier alpha value is -2.87. The van der Waals surface area contributed by atoms with Crippen LogP contribution in [0.2, 0.25) is 0 Å². The Morgan fingerprint density at radius 3 is 2.83 bits per heavy atom. The Labute approximate surface area is 171 Å². The summed E-state index contributed by atoms with van der Waals surface area (Å²) >= 11 is 0. The second kappa shape index (κ2) is 9.09. The van der Waals surface area contributed by atoms with Crippen molar-refractivity contribution in [2.45, 2.75) is 25.9 Å². The number of rotatable bonds is 6. The SMILES string of the molecule is CC1CN(c2cc(C(=N)C3CC(C(C=N)=CN(C)C)=CCC3=N)ncn2)CCO1. The lowest BCUT2D eigenvalue weighted by Crippen LogP contribution is -2.41. The van der Waals surface area contributed by atoms with Crippen LogP contribution in [0.3, 0.4) is 0 Å². The fraction of sp³-hybridized carbons (Fsp3) is 0.476. The summed E-state index contributed by atoms with van der Waals surface area (Å²) < 4.78 is 5.60. The number of morpholine rings is 1. The van der Waals surface area contributed by atoms with Gasteiger partial charge < -0.3 is 30.8 Å². The van der Waals surface area contributed by atoms with Gasteiger partial charge in [-0.25, -0.2) is 9.97 Å². The van der Waals surface area contributed by atoms with E-state index in [9.17, 15) is 0 Å². The van der Waals surface area contributed by atoms with Crippen molar-refractivity contribution in [3.05, 3.63) is 41.5 Å². The van der Waals surface area contributed by atoms with Gasteiger partial charge in [0.15, 0.2) is 0 Å². The van der Waals surface area contributed by atoms with Crippen molar-refractivity contribution in [3.63, 3.8) is 0 Å². The summed E-state index contributed by atoms with van der Waals surface area (Å²) in [4.78, 5) is 12.8. The predicted molar refractivity (Wildman–Crippen MR) is 116 cm³/mol. The highest BCUT2D eigenvalue weighted by atomic mass is 16.5. The molecule has 1 aliphatic heterocycles. The van der Waals surface area contributed by atoms with Gasteiger partial charge in [-0.05, 0) is 18.9 Å². The first-order valence-electron chi connectivity index (χ1n) is 9.82. The van der Waals surface area contributed by atoms with Crippen LogP contribution in [0.1, 0.15) is 25.5 Å². The van der Waals surface area contributed by atoms with Gasteiger partial charge >= 0.3 is 0 Å². The molecule has 1 aliphatic carbocycles. The monoisotopic (exact) mass is 395 g/mol. The Morgan fingerprint density at radius 2 is 2.14 bits per heavy atom. The van der Waals surface area contributed by atoms with Crippen molar-refractivity contribution >= 4 is 23.5 Å². The smallest absolute Gasteiger partial charge is 0.132 e. The number of allylic oxidation sites excluding steroid dienone is 3. The molecule has 8 heteroatoms. The van der Waals surface area contributed by atoms with Gasteiger partial charge in [-0.15, -0.1) is 0 Å². The van der Waals surface area contributed by atoms with E-state index in [1.165, 1.54) is 12.5 Å². The van der Waals surface area contributed by atoms with Crippen molar-refractivity contribution < 1.29 is 4.74 Å². The standard InChI is InChI=1S/C21H29N7O/c1-14-11-28(6-7-29-14)20-9-19(25-13-26-20)21(24)17-8-15(4-5-18(17)23)16(10-22)12-27(2)3/h4,9-10,12-14,17,22-24H,5-8,11H2,1-3H3. The molecule has 2 atom stereocenters. The number of hydrogen-bond acceptors (Lipinski definition) is 8. The molecule has 0 aromatic carbocycles. The van der Waals surface area contributed by atoms with Gasteiger partial charge in [0, 0.05) is 69.3 Å². The largest absolute Gasteiger partial charge is 0.383 e. The first kappa shape index (κ1) is 20.9. The quantitative estimate of drug-likeness (QED) is 0.641. The lowest BCUT2D eigenvalue weighted by Gasteiger charge is -2.32. The van der Waals surface area contributed by atoms with Gasteiger partial charge in [0.05, 0.1) is 24.1 Å². The van der Waals surface area contributed by atoms with E-state index in [2.05, 4.69) is 14.9 Å². The predicted octanol–water partition coefficient (Wildman–Crippen LogP) is 2.52. The Bertz CT molecular complexity index is 858. The maximum absolute atomic E-state index is 8.75. The van der Waals surface area contributed by atoms with E-state index in [4.69, 9.17) is 21.0 Å². The summed E-state index contributed by atoms with van der Waals surface area (Å²) in [6.45, 7) is 4.21. The number of nitrogens with zero attached hydrogens (tertiary/aromatic N) is 4. The molecular weight excluding hydrogens is 366 g/mol. The first-order valence-corrected chi connectivity index (χ1v) is 9.82. The van der Waals surface area contributed by atoms with Crippen LogP contribution in [0.4, 0.5) is 5.82 Å². The molecule has 2 heterocycles. The molecule has 0 saturated carbocycles. The average molecular weight is 396 g/mol. The maximum atomic E-state index is 8.75. The topological polar surface area (TPSA) is 113 Å². The van der Waals surface area contributed by atoms with Crippen molar-refractivity contribution in [2.24, 2.45) is 5.92 Å². The minimum atomic E-state index is -0.341. The van der Waals surface area contributed by atoms with Crippen LogP contribution in [0, 0.1) is 22.1 Å². The molecule has 2 aliphatic rings. The maximum Gasteiger partial charge on any atom is 0.132 e. The minimum Gasteiger partial charge on any atom is -0.383 e. The summed E-state index contributed by atoms with van der Waals surface area (Å²) in [5.74, 6) is 0.451. The molecule has 1 aromatic heterocycles. The molecule has 0 radical (unpaired) electrons. The molecule has 0 bridgehead atoms. The average Bonchev–Trinajstić information content (AvgIpc) is 2.72. The molecule has 1 aromatic rings. The zero-order chi connectivity index (χ0) is 21.0. The fourth-order valence-electron chi connectivity index (χ4n) is 3.68.